The molecule has 4 aromatic rings. The molecule has 0 saturated heterocycles. The molecule has 1 N–H and O–H groups in total. The number of hydrogen-bond donors (Lipinski definition) is 1. The van der Waals surface area contributed by atoms with Crippen molar-refractivity contribution in [2.45, 2.75) is 25.9 Å². The van der Waals surface area contributed by atoms with Crippen molar-refractivity contribution >= 4 is 43.0 Å². The Hall–Kier alpha value is -2.97. The number of carbonyl (C=O) groups excluding carboxylic acids is 2. The monoisotopic (exact) mass is 550 g/mol. The van der Waals surface area contributed by atoms with Crippen LogP contribution in [0.25, 0.3) is 10.9 Å². The first-order valence-electron chi connectivity index (χ1n) is 11.0. The summed E-state index contributed by atoms with van der Waals surface area (Å²) in [5.74, 6) is -0.418. The average molecular weight is 550 g/mol. The van der Waals surface area contributed by atoms with E-state index >= 15 is 0 Å². The first-order valence-corrected chi connectivity index (χ1v) is 14.0. The summed E-state index contributed by atoms with van der Waals surface area (Å²) in [6.45, 7) is 4.60. The van der Waals surface area contributed by atoms with Gasteiger partial charge in [0.2, 0.25) is 0 Å². The Balaban J connectivity index is 1.39. The Morgan fingerprint density at radius 2 is 1.52 bits per heavy atom. The van der Waals surface area contributed by atoms with Crippen LogP contribution in [0.4, 0.5) is 0 Å². The van der Waals surface area contributed by atoms with Crippen LogP contribution in [0, 0.1) is 7.27 Å². The van der Waals surface area contributed by atoms with Gasteiger partial charge in [0.1, 0.15) is 0 Å². The summed E-state index contributed by atoms with van der Waals surface area (Å²) in [6.07, 6.45) is 0.588. The van der Waals surface area contributed by atoms with Crippen molar-refractivity contribution in [3.63, 3.8) is 0 Å². The van der Waals surface area contributed by atoms with Crippen molar-refractivity contribution in [2.75, 3.05) is 6.54 Å². The Morgan fingerprint density at radius 1 is 0.879 bits per heavy atom. The van der Waals surface area contributed by atoms with E-state index in [1.54, 1.807) is 24.3 Å². The van der Waals surface area contributed by atoms with Gasteiger partial charge in [0.25, 0.3) is 0 Å². The zero-order chi connectivity index (χ0) is 22.7. The molecule has 0 saturated carbocycles. The molecule has 3 aromatic carbocycles. The van der Waals surface area contributed by atoms with Crippen LogP contribution in [0.3, 0.4) is 0 Å². The fourth-order valence-electron chi connectivity index (χ4n) is 4.74. The number of imide groups is 1. The summed E-state index contributed by atoms with van der Waals surface area (Å²) in [5, 5.41) is 1.13. The number of carbonyl (C=O) groups is 2. The molecule has 0 aliphatic carbocycles. The fourth-order valence-corrected chi connectivity index (χ4v) is 10.7. The number of hydrogen-bond acceptors (Lipinski definition) is 3. The number of amides is 2. The van der Waals surface area contributed by atoms with Crippen LogP contribution in [-0.4, -0.2) is 28.2 Å². The zero-order valence-corrected chi connectivity index (χ0v) is 20.5. The molecule has 2 aliphatic rings. The summed E-state index contributed by atoms with van der Waals surface area (Å²) in [5.41, 5.74) is 4.12. The van der Waals surface area contributed by atoms with Crippen molar-refractivity contribution in [1.29, 1.82) is 0 Å². The molecule has 2 amide bonds. The quantitative estimate of drug-likeness (QED) is 0.261. The molecule has 33 heavy (non-hydrogen) atoms. The SMILES string of the molecule is CC1(C)OI(c2[nH]c3ccccc3c2CCN2C(=O)c3ccccc3C2=O)c2ccccc21. The predicted molar refractivity (Wildman–Crippen MR) is 136 cm³/mol. The van der Waals surface area contributed by atoms with Gasteiger partial charge in [-0.1, -0.05) is 0 Å². The van der Waals surface area contributed by atoms with Crippen LogP contribution in [0.15, 0.2) is 72.8 Å². The van der Waals surface area contributed by atoms with E-state index < -0.39 is 20.2 Å². The van der Waals surface area contributed by atoms with Gasteiger partial charge < -0.3 is 0 Å². The van der Waals surface area contributed by atoms with E-state index in [1.807, 2.05) is 12.1 Å². The van der Waals surface area contributed by atoms with E-state index in [0.29, 0.717) is 24.1 Å². The Labute approximate surface area is 199 Å². The van der Waals surface area contributed by atoms with Crippen molar-refractivity contribution in [3.05, 3.63) is 102 Å². The molecule has 5 nitrogen and oxygen atoms in total. The van der Waals surface area contributed by atoms with Crippen LogP contribution in [-0.2, 0) is 15.1 Å². The number of benzene rings is 3. The molecule has 0 unspecified atom stereocenters. The standard InChI is InChI=1S/C27H23IN2O3/c1-27(2)21-12-6-7-13-22(21)28(33-27)24-18(17-9-5-8-14-23(17)29-24)15-16-30-25(31)19-10-3-4-11-20(19)26(30)32/h3-14,29H,15-16H2,1-2H3. The zero-order valence-electron chi connectivity index (χ0n) is 18.4. The Kier molecular flexibility index (Phi) is 4.71. The minimum atomic E-state index is -2.20. The molecule has 3 heterocycles. The van der Waals surface area contributed by atoms with Crippen molar-refractivity contribution < 1.29 is 12.7 Å². The van der Waals surface area contributed by atoms with Crippen LogP contribution in [0.1, 0.15) is 45.7 Å². The third kappa shape index (κ3) is 3.15. The number of nitrogens with zero attached hydrogens (tertiary/aromatic N) is 1. The number of halogens is 1. The third-order valence-electron chi connectivity index (χ3n) is 6.37. The normalized spacial score (nSPS) is 17.6. The molecule has 0 atom stereocenters. The van der Waals surface area contributed by atoms with E-state index in [4.69, 9.17) is 3.07 Å². The van der Waals surface area contributed by atoms with Crippen molar-refractivity contribution in [2.24, 2.45) is 0 Å². The second kappa shape index (κ2) is 7.53. The molecule has 0 spiro atoms. The van der Waals surface area contributed by atoms with E-state index in [2.05, 4.69) is 55.2 Å². The molecule has 0 fully saturated rings. The molecule has 0 radical (unpaired) electrons. The van der Waals surface area contributed by atoms with Crippen LogP contribution < -0.4 is 0 Å². The number of para-hydroxylation sites is 1. The molecule has 0 bridgehead atoms. The van der Waals surface area contributed by atoms with Crippen molar-refractivity contribution in [1.82, 2.24) is 9.88 Å². The van der Waals surface area contributed by atoms with Gasteiger partial charge in [-0.15, -0.1) is 0 Å². The van der Waals surface area contributed by atoms with Gasteiger partial charge in [0.15, 0.2) is 0 Å². The van der Waals surface area contributed by atoms with Gasteiger partial charge in [-0.25, -0.2) is 0 Å². The summed E-state index contributed by atoms with van der Waals surface area (Å²) in [4.78, 5) is 30.8. The van der Waals surface area contributed by atoms with E-state index in [-0.39, 0.29) is 17.4 Å². The fraction of sp³-hybridized carbons (Fsp3) is 0.185. The van der Waals surface area contributed by atoms with Crippen molar-refractivity contribution in [3.8, 4) is 0 Å². The second-order valence-corrected chi connectivity index (χ2v) is 12.9. The summed E-state index contributed by atoms with van der Waals surface area (Å²) >= 11 is -2.20. The van der Waals surface area contributed by atoms with Crippen LogP contribution >= 0.6 is 20.2 Å². The Bertz CT molecular complexity index is 1400. The first-order chi connectivity index (χ1) is 16.0. The average Bonchev–Trinajstić information content (AvgIpc) is 3.41. The summed E-state index contributed by atoms with van der Waals surface area (Å²) < 4.78 is 9.17. The molecule has 6 heteroatoms. The molecular weight excluding hydrogens is 527 g/mol. The van der Waals surface area contributed by atoms with Crippen LogP contribution in [0.2, 0.25) is 0 Å². The van der Waals surface area contributed by atoms with Gasteiger partial charge in [-0.2, -0.15) is 0 Å². The number of H-pyrrole nitrogens is 1. The number of aromatic nitrogens is 1. The van der Waals surface area contributed by atoms with E-state index in [9.17, 15) is 9.59 Å². The topological polar surface area (TPSA) is 62.4 Å². The summed E-state index contributed by atoms with van der Waals surface area (Å²) in [6, 6.07) is 23.8. The molecule has 2 aliphatic heterocycles. The second-order valence-electron chi connectivity index (χ2n) is 8.84. The van der Waals surface area contributed by atoms with Gasteiger partial charge in [-0.05, 0) is 0 Å². The predicted octanol–water partition coefficient (Wildman–Crippen LogP) is 5.73. The maximum absolute atomic E-state index is 12.9. The molecule has 6 rings (SSSR count). The molecule has 166 valence electrons. The number of rotatable bonds is 4. The summed E-state index contributed by atoms with van der Waals surface area (Å²) in [7, 11) is 0. The van der Waals surface area contributed by atoms with Gasteiger partial charge in [0.05, 0.1) is 0 Å². The Morgan fingerprint density at radius 3 is 2.27 bits per heavy atom. The number of nitrogens with one attached hydrogen (secondary N) is 1. The third-order valence-corrected chi connectivity index (χ3v) is 11.8. The van der Waals surface area contributed by atoms with Crippen LogP contribution in [0.5, 0.6) is 0 Å². The first kappa shape index (κ1) is 20.6. The maximum atomic E-state index is 12.9. The van der Waals surface area contributed by atoms with E-state index in [1.165, 1.54) is 14.0 Å². The molecule has 1 aromatic heterocycles. The van der Waals surface area contributed by atoms with Gasteiger partial charge in [-0.3, -0.25) is 0 Å². The molecular formula is C27H23IN2O3. The number of fused-ring (bicyclic) bond motifs is 3. The van der Waals surface area contributed by atoms with E-state index in [0.717, 1.165) is 20.2 Å². The minimum absolute atomic E-state index is 0.209. The van der Waals surface area contributed by atoms with Gasteiger partial charge in [0, 0.05) is 0 Å². The van der Waals surface area contributed by atoms with Gasteiger partial charge >= 0.3 is 200 Å². The number of aromatic amines is 1.